The van der Waals surface area contributed by atoms with Crippen LogP contribution in [0.4, 0.5) is 5.69 Å². The van der Waals surface area contributed by atoms with Gasteiger partial charge in [-0.3, -0.25) is 0 Å². The van der Waals surface area contributed by atoms with Crippen molar-refractivity contribution < 1.29 is 5.11 Å². The molecule has 4 heteroatoms. The number of aliphatic hydroxyl groups is 1. The summed E-state index contributed by atoms with van der Waals surface area (Å²) in [6, 6.07) is 7.73. The van der Waals surface area contributed by atoms with E-state index >= 15 is 0 Å². The molecule has 0 aliphatic carbocycles. The number of hydrogen-bond acceptors (Lipinski definition) is 3. The van der Waals surface area contributed by atoms with Gasteiger partial charge in [-0.2, -0.15) is 5.26 Å². The second kappa shape index (κ2) is 5.88. The molecule has 1 rings (SSSR count). The minimum Gasteiger partial charge on any atom is -0.393 e. The van der Waals surface area contributed by atoms with Crippen molar-refractivity contribution in [3.05, 3.63) is 28.2 Å². The molecule has 1 N–H and O–H groups in total. The van der Waals surface area contributed by atoms with Gasteiger partial charge in [0.25, 0.3) is 0 Å². The predicted molar refractivity (Wildman–Crippen MR) is 68.4 cm³/mol. The molecule has 0 amide bonds. The molecule has 86 valence electrons. The van der Waals surface area contributed by atoms with Gasteiger partial charge < -0.3 is 10.0 Å². The van der Waals surface area contributed by atoms with Crippen LogP contribution in [0, 0.1) is 11.3 Å². The van der Waals surface area contributed by atoms with E-state index in [1.54, 1.807) is 13.0 Å². The molecule has 0 saturated heterocycles. The summed E-state index contributed by atoms with van der Waals surface area (Å²) in [6.45, 7) is 2.49. The van der Waals surface area contributed by atoms with Gasteiger partial charge in [-0.25, -0.2) is 0 Å². The van der Waals surface area contributed by atoms with Crippen LogP contribution in [-0.4, -0.2) is 24.8 Å². The Morgan fingerprint density at radius 2 is 2.25 bits per heavy atom. The highest BCUT2D eigenvalue weighted by Gasteiger charge is 2.08. The fourth-order valence-corrected chi connectivity index (χ4v) is 1.77. The van der Waals surface area contributed by atoms with Gasteiger partial charge in [-0.05, 0) is 31.5 Å². The van der Waals surface area contributed by atoms with Gasteiger partial charge in [0.05, 0.1) is 17.4 Å². The van der Waals surface area contributed by atoms with Gasteiger partial charge in [-0.15, -0.1) is 0 Å². The highest BCUT2D eigenvalue weighted by molar-refractivity contribution is 9.10. The summed E-state index contributed by atoms with van der Waals surface area (Å²) in [7, 11) is 1.92. The van der Waals surface area contributed by atoms with E-state index in [0.29, 0.717) is 12.0 Å². The summed E-state index contributed by atoms with van der Waals surface area (Å²) < 4.78 is 0.949. The number of hydrogen-bond donors (Lipinski definition) is 1. The summed E-state index contributed by atoms with van der Waals surface area (Å²) in [5.41, 5.74) is 1.54. The molecule has 1 aromatic rings. The molecule has 1 aromatic carbocycles. The number of halogens is 1. The first-order valence-corrected chi connectivity index (χ1v) is 5.92. The fourth-order valence-electron chi connectivity index (χ4n) is 1.42. The van der Waals surface area contributed by atoms with Gasteiger partial charge in [0.15, 0.2) is 0 Å². The third-order valence-electron chi connectivity index (χ3n) is 2.37. The molecule has 1 unspecified atom stereocenters. The molecule has 0 heterocycles. The topological polar surface area (TPSA) is 47.3 Å². The smallest absolute Gasteiger partial charge is 0.101 e. The number of nitrogens with zero attached hydrogens (tertiary/aromatic N) is 2. The van der Waals surface area contributed by atoms with Gasteiger partial charge in [0.2, 0.25) is 0 Å². The van der Waals surface area contributed by atoms with Gasteiger partial charge in [0, 0.05) is 18.1 Å². The molecule has 0 aliphatic rings. The van der Waals surface area contributed by atoms with Gasteiger partial charge >= 0.3 is 0 Å². The average molecular weight is 283 g/mol. The van der Waals surface area contributed by atoms with Crippen molar-refractivity contribution in [1.82, 2.24) is 0 Å². The van der Waals surface area contributed by atoms with Crippen LogP contribution in [0.1, 0.15) is 18.9 Å². The van der Waals surface area contributed by atoms with Crippen molar-refractivity contribution in [3.63, 3.8) is 0 Å². The predicted octanol–water partition coefficient (Wildman–Crippen LogP) is 2.53. The number of nitriles is 1. The maximum Gasteiger partial charge on any atom is 0.101 e. The number of aliphatic hydroxyl groups excluding tert-OH is 1. The fraction of sp³-hybridized carbons (Fsp3) is 0.417. The summed E-state index contributed by atoms with van der Waals surface area (Å²) in [4.78, 5) is 1.98. The molecule has 0 aromatic heterocycles. The van der Waals surface area contributed by atoms with E-state index in [1.807, 2.05) is 24.1 Å². The van der Waals surface area contributed by atoms with Crippen LogP contribution >= 0.6 is 15.9 Å². The third-order valence-corrected chi connectivity index (χ3v) is 2.87. The molecule has 1 atom stereocenters. The molecule has 0 saturated carbocycles. The van der Waals surface area contributed by atoms with Crippen LogP contribution in [0.25, 0.3) is 0 Å². The summed E-state index contributed by atoms with van der Waals surface area (Å²) in [6.07, 6.45) is 0.369. The third kappa shape index (κ3) is 3.51. The van der Waals surface area contributed by atoms with Crippen LogP contribution in [0.15, 0.2) is 22.7 Å². The lowest BCUT2D eigenvalue weighted by Gasteiger charge is -2.21. The summed E-state index contributed by atoms with van der Waals surface area (Å²) in [5.74, 6) is 0. The van der Waals surface area contributed by atoms with Gasteiger partial charge in [0.1, 0.15) is 6.07 Å². The minimum atomic E-state index is -0.319. The van der Waals surface area contributed by atoms with E-state index in [-0.39, 0.29) is 6.10 Å². The monoisotopic (exact) mass is 282 g/mol. The normalized spacial score (nSPS) is 11.9. The first-order valence-electron chi connectivity index (χ1n) is 5.13. The van der Waals surface area contributed by atoms with E-state index in [2.05, 4.69) is 22.0 Å². The lowest BCUT2D eigenvalue weighted by atomic mass is 10.1. The summed E-state index contributed by atoms with van der Waals surface area (Å²) >= 11 is 3.39. The summed E-state index contributed by atoms with van der Waals surface area (Å²) in [5, 5.41) is 18.2. The van der Waals surface area contributed by atoms with Crippen molar-refractivity contribution in [1.29, 1.82) is 5.26 Å². The number of benzene rings is 1. The maximum atomic E-state index is 9.23. The average Bonchev–Trinajstić information content (AvgIpc) is 2.25. The number of rotatable bonds is 4. The SMILES string of the molecule is CC(O)CCN(C)c1cc(Br)ccc1C#N. The highest BCUT2D eigenvalue weighted by atomic mass is 79.9. The van der Waals surface area contributed by atoms with E-state index in [9.17, 15) is 5.11 Å². The molecule has 3 nitrogen and oxygen atoms in total. The first kappa shape index (κ1) is 13.0. The van der Waals surface area contributed by atoms with E-state index < -0.39 is 0 Å². The lowest BCUT2D eigenvalue weighted by molar-refractivity contribution is 0.187. The minimum absolute atomic E-state index is 0.319. The maximum absolute atomic E-state index is 9.23. The molecular weight excluding hydrogens is 268 g/mol. The van der Waals surface area contributed by atoms with Crippen molar-refractivity contribution in [3.8, 4) is 6.07 Å². The Bertz CT molecular complexity index is 398. The Hall–Kier alpha value is -1.05. The van der Waals surface area contributed by atoms with Crippen LogP contribution in [0.3, 0.4) is 0 Å². The van der Waals surface area contributed by atoms with Crippen LogP contribution in [0.2, 0.25) is 0 Å². The second-order valence-corrected chi connectivity index (χ2v) is 4.75. The van der Waals surface area contributed by atoms with E-state index in [1.165, 1.54) is 0 Å². The van der Waals surface area contributed by atoms with Gasteiger partial charge in [-0.1, -0.05) is 15.9 Å². The standard InChI is InChI=1S/C12H15BrN2O/c1-9(16)5-6-15(2)12-7-11(13)4-3-10(12)8-14/h3-4,7,9,16H,5-6H2,1-2H3. The Morgan fingerprint density at radius 3 is 2.81 bits per heavy atom. The molecule has 0 spiro atoms. The van der Waals surface area contributed by atoms with E-state index in [4.69, 9.17) is 5.26 Å². The Kier molecular flexibility index (Phi) is 4.78. The van der Waals surface area contributed by atoms with Crippen LogP contribution in [0.5, 0.6) is 0 Å². The van der Waals surface area contributed by atoms with Crippen molar-refractivity contribution in [2.24, 2.45) is 0 Å². The van der Waals surface area contributed by atoms with E-state index in [0.717, 1.165) is 16.7 Å². The molecule has 0 aliphatic heterocycles. The highest BCUT2D eigenvalue weighted by Crippen LogP contribution is 2.24. The molecule has 0 fully saturated rings. The van der Waals surface area contributed by atoms with Crippen LogP contribution in [-0.2, 0) is 0 Å². The molecule has 16 heavy (non-hydrogen) atoms. The second-order valence-electron chi connectivity index (χ2n) is 3.83. The zero-order chi connectivity index (χ0) is 12.1. The lowest BCUT2D eigenvalue weighted by Crippen LogP contribution is -2.22. The Balaban J connectivity index is 2.85. The van der Waals surface area contributed by atoms with Crippen LogP contribution < -0.4 is 4.90 Å². The quantitative estimate of drug-likeness (QED) is 0.923. The largest absolute Gasteiger partial charge is 0.393 e. The zero-order valence-electron chi connectivity index (χ0n) is 9.44. The zero-order valence-corrected chi connectivity index (χ0v) is 11.0. The first-order chi connectivity index (χ1) is 7.54. The molecular formula is C12H15BrN2O. The Morgan fingerprint density at radius 1 is 1.56 bits per heavy atom. The van der Waals surface area contributed by atoms with Crippen molar-refractivity contribution in [2.75, 3.05) is 18.5 Å². The molecule has 0 radical (unpaired) electrons. The Labute approximate surface area is 104 Å². The van der Waals surface area contributed by atoms with Crippen molar-refractivity contribution in [2.45, 2.75) is 19.4 Å². The number of anilines is 1. The van der Waals surface area contributed by atoms with Crippen molar-refractivity contribution >= 4 is 21.6 Å². The molecule has 0 bridgehead atoms.